The van der Waals surface area contributed by atoms with Crippen molar-refractivity contribution in [2.45, 2.75) is 26.3 Å². The molecule has 1 aromatic carbocycles. The smallest absolute Gasteiger partial charge is 0.328 e. The molecule has 7 heteroatoms. The van der Waals surface area contributed by atoms with Crippen LogP contribution < -0.4 is 20.9 Å². The third-order valence-electron chi connectivity index (χ3n) is 6.05. The molecule has 2 aliphatic rings. The van der Waals surface area contributed by atoms with Gasteiger partial charge in [0.05, 0.1) is 12.8 Å². The molecule has 7 nitrogen and oxygen atoms in total. The number of hydrogen-bond acceptors (Lipinski definition) is 5. The number of aromatic amines is 1. The van der Waals surface area contributed by atoms with E-state index in [0.717, 1.165) is 57.0 Å². The lowest BCUT2D eigenvalue weighted by molar-refractivity contribution is 0.193. The van der Waals surface area contributed by atoms with E-state index in [2.05, 4.69) is 20.9 Å². The average molecular weight is 384 g/mol. The summed E-state index contributed by atoms with van der Waals surface area (Å²) in [6, 6.07) is 8.14. The van der Waals surface area contributed by atoms with Crippen LogP contribution in [-0.4, -0.2) is 54.3 Å². The van der Waals surface area contributed by atoms with Crippen molar-refractivity contribution in [1.29, 1.82) is 0 Å². The number of hydrogen-bond donors (Lipinski definition) is 1. The van der Waals surface area contributed by atoms with Crippen molar-refractivity contribution in [2.75, 3.05) is 44.7 Å². The van der Waals surface area contributed by atoms with Crippen molar-refractivity contribution in [3.63, 3.8) is 0 Å². The predicted octanol–water partition coefficient (Wildman–Crippen LogP) is 1.46. The number of nitrogens with zero attached hydrogens (tertiary/aromatic N) is 3. The summed E-state index contributed by atoms with van der Waals surface area (Å²) in [5, 5.41) is 0. The van der Waals surface area contributed by atoms with E-state index in [4.69, 9.17) is 4.74 Å². The van der Waals surface area contributed by atoms with Gasteiger partial charge < -0.3 is 14.6 Å². The topological polar surface area (TPSA) is 70.6 Å². The number of benzene rings is 1. The first-order chi connectivity index (χ1) is 13.5. The lowest BCUT2D eigenvalue weighted by Gasteiger charge is -2.38. The molecule has 2 aromatic rings. The van der Waals surface area contributed by atoms with Crippen LogP contribution in [0.1, 0.15) is 18.4 Å². The molecule has 28 heavy (non-hydrogen) atoms. The highest BCUT2D eigenvalue weighted by molar-refractivity contribution is 5.58. The Bertz CT molecular complexity index is 953. The first-order valence-corrected chi connectivity index (χ1v) is 9.91. The molecule has 2 fully saturated rings. The molecule has 1 aromatic heterocycles. The minimum atomic E-state index is -0.303. The third kappa shape index (κ3) is 3.71. The maximum Gasteiger partial charge on any atom is 0.328 e. The minimum Gasteiger partial charge on any atom is -0.495 e. The highest BCUT2D eigenvalue weighted by Gasteiger charge is 2.45. The van der Waals surface area contributed by atoms with Gasteiger partial charge in [-0.15, -0.1) is 0 Å². The molecule has 1 aliphatic carbocycles. The predicted molar refractivity (Wildman–Crippen MR) is 109 cm³/mol. The van der Waals surface area contributed by atoms with E-state index in [1.54, 1.807) is 14.0 Å². The van der Waals surface area contributed by atoms with E-state index < -0.39 is 0 Å². The van der Waals surface area contributed by atoms with Gasteiger partial charge in [0.15, 0.2) is 0 Å². The van der Waals surface area contributed by atoms with Crippen LogP contribution in [0.5, 0.6) is 5.75 Å². The molecule has 1 aliphatic heterocycles. The maximum absolute atomic E-state index is 12.4. The Hall–Kier alpha value is -2.54. The third-order valence-corrected chi connectivity index (χ3v) is 6.05. The summed E-state index contributed by atoms with van der Waals surface area (Å²) in [5.74, 6) is 0.910. The number of ether oxygens (including phenoxy) is 1. The molecule has 150 valence electrons. The van der Waals surface area contributed by atoms with E-state index in [1.807, 2.05) is 18.2 Å². The molecule has 0 atom stereocenters. The van der Waals surface area contributed by atoms with Gasteiger partial charge in [0.1, 0.15) is 5.75 Å². The van der Waals surface area contributed by atoms with Crippen molar-refractivity contribution in [3.05, 3.63) is 56.9 Å². The highest BCUT2D eigenvalue weighted by Crippen LogP contribution is 2.47. The largest absolute Gasteiger partial charge is 0.495 e. The van der Waals surface area contributed by atoms with Gasteiger partial charge >= 0.3 is 5.69 Å². The summed E-state index contributed by atoms with van der Waals surface area (Å²) in [7, 11) is 1.71. The number of H-pyrrole nitrogens is 1. The Balaban J connectivity index is 1.39. The summed E-state index contributed by atoms with van der Waals surface area (Å²) < 4.78 is 6.88. The highest BCUT2D eigenvalue weighted by atomic mass is 16.5. The minimum absolute atomic E-state index is 0.0528. The maximum atomic E-state index is 12.4. The second-order valence-electron chi connectivity index (χ2n) is 8.10. The van der Waals surface area contributed by atoms with Gasteiger partial charge in [0.25, 0.3) is 5.56 Å². The number of anilines is 1. The van der Waals surface area contributed by atoms with Crippen LogP contribution in [0.2, 0.25) is 0 Å². The molecule has 2 heterocycles. The molecule has 0 bridgehead atoms. The summed E-state index contributed by atoms with van der Waals surface area (Å²) >= 11 is 0. The molecular formula is C21H28N4O3. The average Bonchev–Trinajstić information content (AvgIpc) is 3.48. The zero-order chi connectivity index (χ0) is 19.7. The first-order valence-electron chi connectivity index (χ1n) is 9.91. The Labute approximate surface area is 164 Å². The summed E-state index contributed by atoms with van der Waals surface area (Å²) in [5.41, 5.74) is 1.31. The molecule has 1 saturated carbocycles. The summed E-state index contributed by atoms with van der Waals surface area (Å²) in [4.78, 5) is 32.0. The number of methoxy groups -OCH3 is 1. The number of aryl methyl sites for hydroxylation is 1. The van der Waals surface area contributed by atoms with Crippen LogP contribution in [0.4, 0.5) is 5.69 Å². The first kappa shape index (κ1) is 18.8. The number of piperazine rings is 1. The number of aromatic nitrogens is 2. The molecule has 0 amide bonds. The van der Waals surface area contributed by atoms with E-state index in [1.165, 1.54) is 10.8 Å². The SMILES string of the molecule is COc1ccccc1N1CCN(CC2(Cn3c(=O)[nH]cc(C)c3=O)CC2)CC1. The molecule has 1 saturated heterocycles. The Kier molecular flexibility index (Phi) is 5.02. The number of para-hydroxylation sites is 2. The van der Waals surface area contributed by atoms with Crippen molar-refractivity contribution in [3.8, 4) is 5.75 Å². The fourth-order valence-corrected chi connectivity index (χ4v) is 4.15. The van der Waals surface area contributed by atoms with E-state index >= 15 is 0 Å². The van der Waals surface area contributed by atoms with Crippen molar-refractivity contribution >= 4 is 5.69 Å². The van der Waals surface area contributed by atoms with E-state index in [9.17, 15) is 9.59 Å². The van der Waals surface area contributed by atoms with E-state index in [0.29, 0.717) is 12.1 Å². The van der Waals surface area contributed by atoms with Gasteiger partial charge in [-0.25, -0.2) is 4.79 Å². The van der Waals surface area contributed by atoms with Crippen molar-refractivity contribution < 1.29 is 4.74 Å². The van der Waals surface area contributed by atoms with Crippen molar-refractivity contribution in [1.82, 2.24) is 14.5 Å². The normalized spacial score (nSPS) is 18.9. The summed E-state index contributed by atoms with van der Waals surface area (Å²) in [6.07, 6.45) is 3.64. The monoisotopic (exact) mass is 384 g/mol. The molecular weight excluding hydrogens is 356 g/mol. The molecule has 1 N–H and O–H groups in total. The Morgan fingerprint density at radius 1 is 1.07 bits per heavy atom. The number of rotatable bonds is 6. The van der Waals surface area contributed by atoms with Crippen LogP contribution in [0, 0.1) is 12.3 Å². The quantitative estimate of drug-likeness (QED) is 0.816. The zero-order valence-corrected chi connectivity index (χ0v) is 16.6. The van der Waals surface area contributed by atoms with Crippen molar-refractivity contribution in [2.24, 2.45) is 5.41 Å². The second-order valence-corrected chi connectivity index (χ2v) is 8.10. The van der Waals surface area contributed by atoms with Crippen LogP contribution in [0.15, 0.2) is 40.1 Å². The van der Waals surface area contributed by atoms with Gasteiger partial charge in [0.2, 0.25) is 0 Å². The summed E-state index contributed by atoms with van der Waals surface area (Å²) in [6.45, 7) is 7.02. The van der Waals surface area contributed by atoms with Crippen LogP contribution in [0.3, 0.4) is 0 Å². The Morgan fingerprint density at radius 3 is 2.46 bits per heavy atom. The fourth-order valence-electron chi connectivity index (χ4n) is 4.15. The standard InChI is InChI=1S/C21H28N4O3/c1-16-13-22-20(27)25(19(16)26)15-21(7-8-21)14-23-9-11-24(12-10-23)17-5-3-4-6-18(17)28-2/h3-6,13H,7-12,14-15H2,1-2H3,(H,22,27). The van der Waals surface area contributed by atoms with Gasteiger partial charge in [0, 0.05) is 56.4 Å². The number of nitrogens with one attached hydrogen (secondary N) is 1. The molecule has 0 unspecified atom stereocenters. The molecule has 4 rings (SSSR count). The van der Waals surface area contributed by atoms with E-state index in [-0.39, 0.29) is 16.7 Å². The zero-order valence-electron chi connectivity index (χ0n) is 16.6. The van der Waals surface area contributed by atoms with Crippen LogP contribution >= 0.6 is 0 Å². The lowest BCUT2D eigenvalue weighted by atomic mass is 10.1. The Morgan fingerprint density at radius 2 is 1.79 bits per heavy atom. The molecule has 0 spiro atoms. The second kappa shape index (κ2) is 7.47. The molecule has 0 radical (unpaired) electrons. The van der Waals surface area contributed by atoms with Gasteiger partial charge in [-0.05, 0) is 31.9 Å². The van der Waals surface area contributed by atoms with Crippen LogP contribution in [0.25, 0.3) is 0 Å². The van der Waals surface area contributed by atoms with Gasteiger partial charge in [-0.1, -0.05) is 12.1 Å². The van der Waals surface area contributed by atoms with Crippen LogP contribution in [-0.2, 0) is 6.54 Å². The lowest BCUT2D eigenvalue weighted by Crippen LogP contribution is -2.49. The van der Waals surface area contributed by atoms with Gasteiger partial charge in [-0.3, -0.25) is 14.3 Å². The van der Waals surface area contributed by atoms with Gasteiger partial charge in [-0.2, -0.15) is 0 Å². The fraction of sp³-hybridized carbons (Fsp3) is 0.524.